The zero-order valence-electron chi connectivity index (χ0n) is 9.16. The van der Waals surface area contributed by atoms with Crippen LogP contribution >= 0.6 is 0 Å². The van der Waals surface area contributed by atoms with Crippen LogP contribution in [0.15, 0.2) is 0 Å². The van der Waals surface area contributed by atoms with Gasteiger partial charge >= 0.3 is 0 Å². The van der Waals surface area contributed by atoms with Gasteiger partial charge in [-0.3, -0.25) is 0 Å². The van der Waals surface area contributed by atoms with Gasteiger partial charge in [0.05, 0.1) is 0 Å². The van der Waals surface area contributed by atoms with Crippen molar-refractivity contribution < 1.29 is 10.2 Å². The largest absolute Gasteiger partial charge is 0.368 e. The molecule has 2 atom stereocenters. The fourth-order valence-corrected chi connectivity index (χ4v) is 1.92. The van der Waals surface area contributed by atoms with Gasteiger partial charge in [-0.15, -0.1) is 0 Å². The first kappa shape index (κ1) is 12.9. The first-order valence-corrected chi connectivity index (χ1v) is 5.46. The van der Waals surface area contributed by atoms with Crippen LogP contribution in [-0.4, -0.2) is 16.5 Å². The molecule has 2 nitrogen and oxygen atoms in total. The Morgan fingerprint density at radius 1 is 1.08 bits per heavy atom. The van der Waals surface area contributed by atoms with Crippen molar-refractivity contribution in [3.05, 3.63) is 0 Å². The minimum absolute atomic E-state index is 0.427. The van der Waals surface area contributed by atoms with Gasteiger partial charge in [-0.2, -0.15) is 0 Å². The lowest BCUT2D eigenvalue weighted by atomic mass is 9.88. The van der Waals surface area contributed by atoms with Gasteiger partial charge in [-0.1, -0.05) is 40.0 Å². The standard InChI is InChI=1S/C11H24O2/c1-4-6-10(5-2)7-9(3)8-11(12)13/h9-13H,4-8H2,1-3H3. The first-order valence-electron chi connectivity index (χ1n) is 5.46. The summed E-state index contributed by atoms with van der Waals surface area (Å²) in [7, 11) is 0. The van der Waals surface area contributed by atoms with Crippen LogP contribution in [0.3, 0.4) is 0 Å². The molecule has 0 aliphatic heterocycles. The van der Waals surface area contributed by atoms with E-state index in [1.807, 2.05) is 0 Å². The summed E-state index contributed by atoms with van der Waals surface area (Å²) in [6, 6.07) is 0. The zero-order valence-corrected chi connectivity index (χ0v) is 9.16. The minimum Gasteiger partial charge on any atom is -0.368 e. The van der Waals surface area contributed by atoms with Crippen molar-refractivity contribution in [2.45, 2.75) is 59.2 Å². The molecule has 0 aromatic heterocycles. The lowest BCUT2D eigenvalue weighted by Crippen LogP contribution is -2.13. The molecule has 0 amide bonds. The number of hydrogen-bond donors (Lipinski definition) is 2. The Bertz CT molecular complexity index is 113. The van der Waals surface area contributed by atoms with Crippen LogP contribution in [0.25, 0.3) is 0 Å². The summed E-state index contributed by atoms with van der Waals surface area (Å²) < 4.78 is 0. The highest BCUT2D eigenvalue weighted by Crippen LogP contribution is 2.22. The smallest absolute Gasteiger partial charge is 0.151 e. The average molecular weight is 188 g/mol. The molecule has 2 N–H and O–H groups in total. The molecule has 0 aliphatic carbocycles. The molecule has 13 heavy (non-hydrogen) atoms. The third-order valence-electron chi connectivity index (χ3n) is 2.62. The maximum Gasteiger partial charge on any atom is 0.151 e. The molecule has 0 aromatic carbocycles. The van der Waals surface area contributed by atoms with Crippen molar-refractivity contribution in [3.8, 4) is 0 Å². The number of aliphatic hydroxyl groups excluding tert-OH is 1. The third-order valence-corrected chi connectivity index (χ3v) is 2.62. The van der Waals surface area contributed by atoms with Crippen molar-refractivity contribution in [2.75, 3.05) is 0 Å². The second-order valence-corrected chi connectivity index (χ2v) is 4.12. The van der Waals surface area contributed by atoms with Gasteiger partial charge in [-0.05, 0) is 18.3 Å². The van der Waals surface area contributed by atoms with E-state index in [0.29, 0.717) is 12.3 Å². The fourth-order valence-electron chi connectivity index (χ4n) is 1.92. The van der Waals surface area contributed by atoms with Crippen LogP contribution in [0.2, 0.25) is 0 Å². The molecule has 0 aliphatic rings. The molecule has 0 saturated carbocycles. The van der Waals surface area contributed by atoms with E-state index in [0.717, 1.165) is 12.3 Å². The first-order chi connectivity index (χ1) is 6.10. The van der Waals surface area contributed by atoms with Gasteiger partial charge < -0.3 is 10.2 Å². The maximum atomic E-state index is 8.79. The molecule has 0 spiro atoms. The Kier molecular flexibility index (Phi) is 7.29. The van der Waals surface area contributed by atoms with E-state index in [2.05, 4.69) is 20.8 Å². The molecular weight excluding hydrogens is 164 g/mol. The lowest BCUT2D eigenvalue weighted by Gasteiger charge is -2.19. The average Bonchev–Trinajstić information content (AvgIpc) is 2.02. The summed E-state index contributed by atoms with van der Waals surface area (Å²) in [6.45, 7) is 6.51. The van der Waals surface area contributed by atoms with E-state index >= 15 is 0 Å². The second kappa shape index (κ2) is 7.34. The Balaban J connectivity index is 3.65. The molecular formula is C11H24O2. The van der Waals surface area contributed by atoms with Crippen LogP contribution < -0.4 is 0 Å². The highest BCUT2D eigenvalue weighted by molar-refractivity contribution is 4.62. The number of rotatable bonds is 7. The van der Waals surface area contributed by atoms with Gasteiger partial charge in [0, 0.05) is 6.42 Å². The van der Waals surface area contributed by atoms with Crippen molar-refractivity contribution in [2.24, 2.45) is 11.8 Å². The van der Waals surface area contributed by atoms with E-state index in [4.69, 9.17) is 10.2 Å². The molecule has 80 valence electrons. The van der Waals surface area contributed by atoms with E-state index in [-0.39, 0.29) is 0 Å². The van der Waals surface area contributed by atoms with Gasteiger partial charge in [0.1, 0.15) is 0 Å². The molecule has 0 saturated heterocycles. The summed E-state index contributed by atoms with van der Waals surface area (Å²) in [5.74, 6) is 1.19. The van der Waals surface area contributed by atoms with Gasteiger partial charge in [0.25, 0.3) is 0 Å². The van der Waals surface area contributed by atoms with E-state index in [1.54, 1.807) is 0 Å². The summed E-state index contributed by atoms with van der Waals surface area (Å²) in [6.07, 6.45) is 4.21. The molecule has 0 aromatic rings. The summed E-state index contributed by atoms with van der Waals surface area (Å²) in [5.41, 5.74) is 0. The number of hydrogen-bond acceptors (Lipinski definition) is 2. The molecule has 0 radical (unpaired) electrons. The van der Waals surface area contributed by atoms with Crippen LogP contribution in [0.5, 0.6) is 0 Å². The van der Waals surface area contributed by atoms with Gasteiger partial charge in [0.15, 0.2) is 6.29 Å². The lowest BCUT2D eigenvalue weighted by molar-refractivity contribution is -0.0562. The third kappa shape index (κ3) is 7.03. The number of aliphatic hydroxyl groups is 2. The van der Waals surface area contributed by atoms with Crippen LogP contribution in [0.1, 0.15) is 52.9 Å². The Labute approximate surface area is 82.0 Å². The highest BCUT2D eigenvalue weighted by Gasteiger charge is 2.13. The molecule has 2 heteroatoms. The van der Waals surface area contributed by atoms with Gasteiger partial charge in [0.2, 0.25) is 0 Å². The molecule has 0 fully saturated rings. The summed E-state index contributed by atoms with van der Waals surface area (Å²) in [5, 5.41) is 17.6. The normalized spacial score (nSPS) is 16.2. The van der Waals surface area contributed by atoms with Crippen molar-refractivity contribution in [3.63, 3.8) is 0 Å². The molecule has 0 bridgehead atoms. The predicted molar refractivity (Wildman–Crippen MR) is 55.3 cm³/mol. The Hall–Kier alpha value is -0.0800. The Morgan fingerprint density at radius 3 is 2.08 bits per heavy atom. The topological polar surface area (TPSA) is 40.5 Å². The Morgan fingerprint density at radius 2 is 1.69 bits per heavy atom. The van der Waals surface area contributed by atoms with Crippen molar-refractivity contribution >= 4 is 0 Å². The molecule has 2 unspecified atom stereocenters. The van der Waals surface area contributed by atoms with E-state index in [1.165, 1.54) is 19.3 Å². The van der Waals surface area contributed by atoms with Gasteiger partial charge in [-0.25, -0.2) is 0 Å². The van der Waals surface area contributed by atoms with E-state index < -0.39 is 6.29 Å². The van der Waals surface area contributed by atoms with Crippen LogP contribution in [-0.2, 0) is 0 Å². The van der Waals surface area contributed by atoms with Crippen LogP contribution in [0.4, 0.5) is 0 Å². The quantitative estimate of drug-likeness (QED) is 0.603. The summed E-state index contributed by atoms with van der Waals surface area (Å²) >= 11 is 0. The van der Waals surface area contributed by atoms with Crippen LogP contribution in [0, 0.1) is 11.8 Å². The highest BCUT2D eigenvalue weighted by atomic mass is 16.5. The summed E-state index contributed by atoms with van der Waals surface area (Å²) in [4.78, 5) is 0. The van der Waals surface area contributed by atoms with Crippen molar-refractivity contribution in [1.29, 1.82) is 0 Å². The van der Waals surface area contributed by atoms with Crippen molar-refractivity contribution in [1.82, 2.24) is 0 Å². The monoisotopic (exact) mass is 188 g/mol. The zero-order chi connectivity index (χ0) is 10.3. The fraction of sp³-hybridized carbons (Fsp3) is 1.00. The SMILES string of the molecule is CCCC(CC)CC(C)CC(O)O. The predicted octanol–water partition coefficient (Wildman–Crippen LogP) is 2.54. The van der Waals surface area contributed by atoms with E-state index in [9.17, 15) is 0 Å². The maximum absolute atomic E-state index is 8.79. The minimum atomic E-state index is -1.13. The molecule has 0 rings (SSSR count). The molecule has 0 heterocycles. The second-order valence-electron chi connectivity index (χ2n) is 4.12.